The van der Waals surface area contributed by atoms with Crippen molar-refractivity contribution in [3.05, 3.63) is 0 Å². The normalized spacial score (nSPS) is 20.6. The van der Waals surface area contributed by atoms with Gasteiger partial charge in [-0.25, -0.2) is 0 Å². The van der Waals surface area contributed by atoms with E-state index in [0.717, 1.165) is 25.0 Å². The van der Waals surface area contributed by atoms with Crippen molar-refractivity contribution < 1.29 is 0 Å². The fourth-order valence-electron chi connectivity index (χ4n) is 2.06. The Bertz CT molecular complexity index is 164. The van der Waals surface area contributed by atoms with Gasteiger partial charge in [0.25, 0.3) is 0 Å². The minimum absolute atomic E-state index is 0.637. The molecule has 0 aliphatic heterocycles. The van der Waals surface area contributed by atoms with Crippen LogP contribution in [0.5, 0.6) is 0 Å². The van der Waals surface area contributed by atoms with Crippen molar-refractivity contribution in [1.29, 1.82) is 0 Å². The summed E-state index contributed by atoms with van der Waals surface area (Å²) in [5.74, 6) is 2.36. The Balaban J connectivity index is 2.18. The maximum Gasteiger partial charge on any atom is 0.00672 e. The largest absolute Gasteiger partial charge is 0.330 e. The Morgan fingerprint density at radius 1 is 1.33 bits per heavy atom. The summed E-state index contributed by atoms with van der Waals surface area (Å²) in [6, 6.07) is 0.727. The van der Waals surface area contributed by atoms with Gasteiger partial charge in [-0.3, -0.25) is 0 Å². The minimum Gasteiger partial charge on any atom is -0.330 e. The number of hydrogen-bond donors (Lipinski definition) is 2. The lowest BCUT2D eigenvalue weighted by Crippen LogP contribution is -2.37. The summed E-state index contributed by atoms with van der Waals surface area (Å²) < 4.78 is 0. The molecule has 0 aromatic carbocycles. The van der Waals surface area contributed by atoms with Crippen molar-refractivity contribution in [2.24, 2.45) is 23.5 Å². The van der Waals surface area contributed by atoms with Gasteiger partial charge in [0.05, 0.1) is 0 Å². The molecular formula is C13H28N2. The Labute approximate surface area is 95.0 Å². The first kappa shape index (κ1) is 13.0. The summed E-state index contributed by atoms with van der Waals surface area (Å²) >= 11 is 0. The average Bonchev–Trinajstić information content (AvgIpc) is 3.00. The van der Waals surface area contributed by atoms with Crippen molar-refractivity contribution >= 4 is 0 Å². The van der Waals surface area contributed by atoms with Crippen LogP contribution in [0.1, 0.15) is 46.5 Å². The zero-order valence-corrected chi connectivity index (χ0v) is 10.6. The highest BCUT2D eigenvalue weighted by atomic mass is 14.9. The first-order valence-electron chi connectivity index (χ1n) is 6.60. The van der Waals surface area contributed by atoms with Crippen LogP contribution in [0.15, 0.2) is 0 Å². The summed E-state index contributed by atoms with van der Waals surface area (Å²) in [6.45, 7) is 8.72. The number of hydrogen-bond acceptors (Lipinski definition) is 2. The van der Waals surface area contributed by atoms with Crippen molar-refractivity contribution in [2.45, 2.75) is 52.5 Å². The Morgan fingerprint density at radius 3 is 2.40 bits per heavy atom. The molecule has 15 heavy (non-hydrogen) atoms. The molecule has 0 heterocycles. The number of nitrogens with two attached hydrogens (primary N) is 1. The Kier molecular flexibility index (Phi) is 5.62. The third-order valence-corrected chi connectivity index (χ3v) is 3.72. The van der Waals surface area contributed by atoms with Gasteiger partial charge in [0, 0.05) is 6.04 Å². The molecule has 90 valence electrons. The highest BCUT2D eigenvalue weighted by Gasteiger charge is 2.24. The summed E-state index contributed by atoms with van der Waals surface area (Å²) in [7, 11) is 0. The molecule has 0 amide bonds. The molecule has 0 aromatic rings. The van der Waals surface area contributed by atoms with E-state index in [1.807, 2.05) is 0 Å². The van der Waals surface area contributed by atoms with E-state index in [4.69, 9.17) is 5.73 Å². The molecule has 2 nitrogen and oxygen atoms in total. The van der Waals surface area contributed by atoms with Crippen LogP contribution in [0, 0.1) is 17.8 Å². The second-order valence-electron chi connectivity index (χ2n) is 5.43. The third kappa shape index (κ3) is 4.98. The van der Waals surface area contributed by atoms with E-state index in [2.05, 4.69) is 26.1 Å². The van der Waals surface area contributed by atoms with E-state index in [1.165, 1.54) is 25.7 Å². The lowest BCUT2D eigenvalue weighted by Gasteiger charge is -2.23. The van der Waals surface area contributed by atoms with Crippen LogP contribution in [0.3, 0.4) is 0 Å². The third-order valence-electron chi connectivity index (χ3n) is 3.72. The van der Waals surface area contributed by atoms with Crippen molar-refractivity contribution in [3.8, 4) is 0 Å². The second-order valence-corrected chi connectivity index (χ2v) is 5.43. The minimum atomic E-state index is 0.637. The van der Waals surface area contributed by atoms with Crippen LogP contribution >= 0.6 is 0 Å². The lowest BCUT2D eigenvalue weighted by atomic mass is 9.95. The lowest BCUT2D eigenvalue weighted by molar-refractivity contribution is 0.335. The van der Waals surface area contributed by atoms with Gasteiger partial charge < -0.3 is 11.1 Å². The molecule has 1 aliphatic carbocycles. The molecule has 0 aromatic heterocycles. The van der Waals surface area contributed by atoms with E-state index in [1.54, 1.807) is 0 Å². The number of rotatable bonds is 8. The zero-order chi connectivity index (χ0) is 11.3. The van der Waals surface area contributed by atoms with Gasteiger partial charge in [0.15, 0.2) is 0 Å². The maximum absolute atomic E-state index is 5.77. The van der Waals surface area contributed by atoms with Crippen molar-refractivity contribution in [1.82, 2.24) is 5.32 Å². The molecule has 1 saturated carbocycles. The van der Waals surface area contributed by atoms with Crippen LogP contribution in [0.2, 0.25) is 0 Å². The maximum atomic E-state index is 5.77. The van der Waals surface area contributed by atoms with Crippen molar-refractivity contribution in [3.63, 3.8) is 0 Å². The van der Waals surface area contributed by atoms with E-state index in [9.17, 15) is 0 Å². The number of nitrogens with one attached hydrogen (secondary N) is 1. The first-order valence-corrected chi connectivity index (χ1v) is 6.60. The SMILES string of the molecule is CCC(CC1CC1)NCC(CN)C(C)C. The van der Waals surface area contributed by atoms with Crippen LogP contribution in [0.25, 0.3) is 0 Å². The molecule has 0 saturated heterocycles. The smallest absolute Gasteiger partial charge is 0.00672 e. The predicted octanol–water partition coefficient (Wildman–Crippen LogP) is 2.39. The molecule has 1 fully saturated rings. The van der Waals surface area contributed by atoms with Gasteiger partial charge in [-0.15, -0.1) is 0 Å². The molecule has 1 rings (SSSR count). The molecule has 2 atom stereocenters. The molecule has 0 radical (unpaired) electrons. The van der Waals surface area contributed by atoms with Crippen molar-refractivity contribution in [2.75, 3.05) is 13.1 Å². The quantitative estimate of drug-likeness (QED) is 0.648. The summed E-state index contributed by atoms with van der Waals surface area (Å²) in [5.41, 5.74) is 5.77. The van der Waals surface area contributed by atoms with Crippen LogP contribution < -0.4 is 11.1 Å². The summed E-state index contributed by atoms with van der Waals surface area (Å²) in [5, 5.41) is 3.69. The standard InChI is InChI=1S/C13H28N2/c1-4-13(7-11-5-6-11)15-9-12(8-14)10(2)3/h10-13,15H,4-9,14H2,1-3H3. The molecule has 0 bridgehead atoms. The Morgan fingerprint density at radius 2 is 2.00 bits per heavy atom. The highest BCUT2D eigenvalue weighted by Crippen LogP contribution is 2.34. The fraction of sp³-hybridized carbons (Fsp3) is 1.00. The molecule has 3 N–H and O–H groups in total. The Hall–Kier alpha value is -0.0800. The average molecular weight is 212 g/mol. The molecule has 2 unspecified atom stereocenters. The van der Waals surface area contributed by atoms with Crippen LogP contribution in [-0.4, -0.2) is 19.1 Å². The molecule has 1 aliphatic rings. The van der Waals surface area contributed by atoms with E-state index >= 15 is 0 Å². The van der Waals surface area contributed by atoms with Crippen LogP contribution in [-0.2, 0) is 0 Å². The monoisotopic (exact) mass is 212 g/mol. The van der Waals surface area contributed by atoms with Crippen LogP contribution in [0.4, 0.5) is 0 Å². The van der Waals surface area contributed by atoms with Gasteiger partial charge in [0.2, 0.25) is 0 Å². The predicted molar refractivity (Wildman–Crippen MR) is 66.8 cm³/mol. The van der Waals surface area contributed by atoms with E-state index in [-0.39, 0.29) is 0 Å². The molecule has 2 heteroatoms. The highest BCUT2D eigenvalue weighted by molar-refractivity contribution is 4.80. The van der Waals surface area contributed by atoms with Gasteiger partial charge in [-0.05, 0) is 43.7 Å². The molecular weight excluding hydrogens is 184 g/mol. The zero-order valence-electron chi connectivity index (χ0n) is 10.6. The van der Waals surface area contributed by atoms with Gasteiger partial charge in [-0.1, -0.05) is 33.6 Å². The second kappa shape index (κ2) is 6.49. The van der Waals surface area contributed by atoms with Gasteiger partial charge >= 0.3 is 0 Å². The van der Waals surface area contributed by atoms with E-state index < -0.39 is 0 Å². The summed E-state index contributed by atoms with van der Waals surface area (Å²) in [4.78, 5) is 0. The van der Waals surface area contributed by atoms with Gasteiger partial charge in [-0.2, -0.15) is 0 Å². The topological polar surface area (TPSA) is 38.0 Å². The first-order chi connectivity index (χ1) is 7.17. The molecule has 0 spiro atoms. The fourth-order valence-corrected chi connectivity index (χ4v) is 2.06. The van der Waals surface area contributed by atoms with E-state index in [0.29, 0.717) is 11.8 Å². The summed E-state index contributed by atoms with van der Waals surface area (Å²) in [6.07, 6.45) is 5.56. The van der Waals surface area contributed by atoms with Gasteiger partial charge in [0.1, 0.15) is 0 Å².